The van der Waals surface area contributed by atoms with E-state index in [-0.39, 0.29) is 29.8 Å². The molecule has 4 rings (SSSR count). The molecular weight excluding hydrogens is 515 g/mol. The Labute approximate surface area is 202 Å². The fraction of sp³-hybridized carbons (Fsp3) is 0.261. The average molecular weight is 535 g/mol. The van der Waals surface area contributed by atoms with E-state index in [1.807, 2.05) is 0 Å². The number of benzene rings is 2. The van der Waals surface area contributed by atoms with Crippen LogP contribution in [-0.4, -0.2) is 59.7 Å². The van der Waals surface area contributed by atoms with Gasteiger partial charge < -0.3 is 14.4 Å². The summed E-state index contributed by atoms with van der Waals surface area (Å²) in [5, 5.41) is -0.489. The predicted octanol–water partition coefficient (Wildman–Crippen LogP) is 4.06. The van der Waals surface area contributed by atoms with Gasteiger partial charge >= 0.3 is 0 Å². The molecule has 33 heavy (non-hydrogen) atoms. The number of imide groups is 1. The lowest BCUT2D eigenvalue weighted by atomic mass is 10.1. The van der Waals surface area contributed by atoms with Crippen molar-refractivity contribution in [3.63, 3.8) is 0 Å². The first-order valence-electron chi connectivity index (χ1n) is 10.2. The summed E-state index contributed by atoms with van der Waals surface area (Å²) in [5.41, 5.74) is 1.38. The average Bonchev–Trinajstić information content (AvgIpc) is 3.07. The van der Waals surface area contributed by atoms with Gasteiger partial charge in [0.2, 0.25) is 5.91 Å². The van der Waals surface area contributed by atoms with Gasteiger partial charge in [-0.2, -0.15) is 0 Å². The normalized spacial score (nSPS) is 17.7. The van der Waals surface area contributed by atoms with Crippen molar-refractivity contribution >= 4 is 50.8 Å². The van der Waals surface area contributed by atoms with Crippen molar-refractivity contribution in [1.29, 1.82) is 0 Å². The first-order chi connectivity index (χ1) is 15.9. The number of carbonyl (C=O) groups is 3. The first-order valence-corrected chi connectivity index (χ1v) is 11.8. The van der Waals surface area contributed by atoms with E-state index in [9.17, 15) is 18.8 Å². The van der Waals surface area contributed by atoms with E-state index in [4.69, 9.17) is 9.47 Å². The summed E-state index contributed by atoms with van der Waals surface area (Å²) in [6.45, 7) is 1.68. The van der Waals surface area contributed by atoms with Crippen molar-refractivity contribution in [2.45, 2.75) is 6.61 Å². The molecule has 2 aliphatic heterocycles. The summed E-state index contributed by atoms with van der Waals surface area (Å²) in [7, 11) is 0. The van der Waals surface area contributed by atoms with Crippen molar-refractivity contribution in [1.82, 2.24) is 9.80 Å². The fourth-order valence-electron chi connectivity index (χ4n) is 3.33. The molecule has 0 unspecified atom stereocenters. The molecule has 2 aliphatic rings. The van der Waals surface area contributed by atoms with Gasteiger partial charge in [-0.15, -0.1) is 0 Å². The number of ether oxygens (including phenoxy) is 2. The van der Waals surface area contributed by atoms with Gasteiger partial charge in [0.15, 0.2) is 0 Å². The molecule has 0 bridgehead atoms. The number of rotatable bonds is 6. The molecule has 0 radical (unpaired) electrons. The number of amides is 3. The van der Waals surface area contributed by atoms with Crippen LogP contribution in [-0.2, 0) is 20.9 Å². The number of carbonyl (C=O) groups excluding carboxylic acids is 3. The monoisotopic (exact) mass is 534 g/mol. The largest absolute Gasteiger partial charge is 0.488 e. The molecule has 0 spiro atoms. The van der Waals surface area contributed by atoms with Gasteiger partial charge in [-0.1, -0.05) is 28.1 Å². The van der Waals surface area contributed by atoms with Crippen molar-refractivity contribution in [3.05, 3.63) is 68.8 Å². The van der Waals surface area contributed by atoms with Gasteiger partial charge in [-0.25, -0.2) is 4.39 Å². The Kier molecular flexibility index (Phi) is 7.46. The molecule has 0 saturated carbocycles. The smallest absolute Gasteiger partial charge is 0.294 e. The number of hydrogen-bond donors (Lipinski definition) is 0. The molecular formula is C23H20BrFN2O5S. The lowest BCUT2D eigenvalue weighted by molar-refractivity contribution is -0.139. The van der Waals surface area contributed by atoms with Crippen molar-refractivity contribution in [2.75, 3.05) is 32.8 Å². The van der Waals surface area contributed by atoms with Gasteiger partial charge in [0, 0.05) is 23.1 Å². The predicted molar refractivity (Wildman–Crippen MR) is 125 cm³/mol. The molecule has 0 atom stereocenters. The molecule has 2 aromatic carbocycles. The second-order valence-electron chi connectivity index (χ2n) is 7.36. The Hall–Kier alpha value is -2.69. The molecule has 0 N–H and O–H groups in total. The van der Waals surface area contributed by atoms with E-state index < -0.39 is 11.1 Å². The molecule has 2 fully saturated rings. The SMILES string of the molecule is O=C(CN1C(=O)S/C(=C/c2cc(Br)ccc2OCc2ccc(F)cc2)C1=O)N1CCOCC1. The van der Waals surface area contributed by atoms with Crippen molar-refractivity contribution < 1.29 is 28.2 Å². The quantitative estimate of drug-likeness (QED) is 0.520. The van der Waals surface area contributed by atoms with E-state index in [0.29, 0.717) is 37.6 Å². The highest BCUT2D eigenvalue weighted by atomic mass is 79.9. The molecule has 2 heterocycles. The zero-order valence-electron chi connectivity index (χ0n) is 17.5. The highest BCUT2D eigenvalue weighted by molar-refractivity contribution is 9.10. The minimum atomic E-state index is -0.518. The Morgan fingerprint density at radius 1 is 1.15 bits per heavy atom. The summed E-state index contributed by atoms with van der Waals surface area (Å²) in [5.74, 6) is -0.631. The van der Waals surface area contributed by atoms with E-state index in [2.05, 4.69) is 15.9 Å². The minimum absolute atomic E-state index is 0.207. The van der Waals surface area contributed by atoms with Gasteiger partial charge in [-0.3, -0.25) is 19.3 Å². The van der Waals surface area contributed by atoms with Crippen LogP contribution in [0.2, 0.25) is 0 Å². The summed E-state index contributed by atoms with van der Waals surface area (Å²) in [4.78, 5) is 40.6. The van der Waals surface area contributed by atoms with E-state index >= 15 is 0 Å². The van der Waals surface area contributed by atoms with Crippen LogP contribution in [0.3, 0.4) is 0 Å². The Balaban J connectivity index is 1.49. The van der Waals surface area contributed by atoms with Crippen LogP contribution < -0.4 is 4.74 Å². The van der Waals surface area contributed by atoms with Crippen LogP contribution in [0.1, 0.15) is 11.1 Å². The highest BCUT2D eigenvalue weighted by Gasteiger charge is 2.37. The zero-order valence-corrected chi connectivity index (χ0v) is 19.9. The number of halogens is 2. The maximum absolute atomic E-state index is 13.1. The van der Waals surface area contributed by atoms with E-state index in [1.165, 1.54) is 12.1 Å². The third-order valence-corrected chi connectivity index (χ3v) is 6.50. The second-order valence-corrected chi connectivity index (χ2v) is 9.27. The summed E-state index contributed by atoms with van der Waals surface area (Å²) in [6.07, 6.45) is 1.58. The van der Waals surface area contributed by atoms with Crippen LogP contribution in [0.5, 0.6) is 5.75 Å². The maximum atomic E-state index is 13.1. The van der Waals surface area contributed by atoms with E-state index in [1.54, 1.807) is 41.3 Å². The van der Waals surface area contributed by atoms with Crippen LogP contribution >= 0.6 is 27.7 Å². The zero-order chi connectivity index (χ0) is 23.4. The minimum Gasteiger partial charge on any atom is -0.488 e. The van der Waals surface area contributed by atoms with Crippen LogP contribution in [0, 0.1) is 5.82 Å². The molecule has 7 nitrogen and oxygen atoms in total. The van der Waals surface area contributed by atoms with Gasteiger partial charge in [0.05, 0.1) is 18.1 Å². The van der Waals surface area contributed by atoms with Crippen LogP contribution in [0.25, 0.3) is 6.08 Å². The Morgan fingerprint density at radius 2 is 1.88 bits per heavy atom. The standard InChI is InChI=1S/C23H20BrFN2O5S/c24-17-3-6-19(32-14-15-1-4-18(25)5-2-15)16(11-17)12-20-22(29)27(23(30)33-20)13-21(28)26-7-9-31-10-8-26/h1-6,11-12H,7-10,13-14H2/b20-12+. The lowest BCUT2D eigenvalue weighted by Gasteiger charge is -2.28. The summed E-state index contributed by atoms with van der Waals surface area (Å²) >= 11 is 4.20. The third kappa shape index (κ3) is 5.82. The van der Waals surface area contributed by atoms with Gasteiger partial charge in [-0.05, 0) is 53.7 Å². The Morgan fingerprint density at radius 3 is 2.61 bits per heavy atom. The number of nitrogens with zero attached hydrogens (tertiary/aromatic N) is 2. The molecule has 2 aromatic rings. The maximum Gasteiger partial charge on any atom is 0.294 e. The number of morpholine rings is 1. The van der Waals surface area contributed by atoms with Crippen LogP contribution in [0.15, 0.2) is 51.8 Å². The molecule has 172 valence electrons. The fourth-order valence-corrected chi connectivity index (χ4v) is 4.54. The van der Waals surface area contributed by atoms with E-state index in [0.717, 1.165) is 26.7 Å². The molecule has 2 saturated heterocycles. The van der Waals surface area contributed by atoms with Gasteiger partial charge in [0.1, 0.15) is 24.7 Å². The van der Waals surface area contributed by atoms with Crippen molar-refractivity contribution in [3.8, 4) is 5.75 Å². The Bertz CT molecular complexity index is 1100. The molecule has 3 amide bonds. The van der Waals surface area contributed by atoms with Gasteiger partial charge in [0.25, 0.3) is 11.1 Å². The first kappa shape index (κ1) is 23.5. The topological polar surface area (TPSA) is 76.2 Å². The highest BCUT2D eigenvalue weighted by Crippen LogP contribution is 2.35. The second kappa shape index (κ2) is 10.5. The molecule has 0 aromatic heterocycles. The molecule has 10 heteroatoms. The lowest BCUT2D eigenvalue weighted by Crippen LogP contribution is -2.46. The summed E-state index contributed by atoms with van der Waals surface area (Å²) in [6, 6.07) is 11.3. The number of thioether (sulfide) groups is 1. The molecule has 0 aliphatic carbocycles. The van der Waals surface area contributed by atoms with Crippen molar-refractivity contribution in [2.24, 2.45) is 0 Å². The van der Waals surface area contributed by atoms with Crippen LogP contribution in [0.4, 0.5) is 9.18 Å². The number of hydrogen-bond acceptors (Lipinski definition) is 6. The third-order valence-electron chi connectivity index (χ3n) is 5.10. The summed E-state index contributed by atoms with van der Waals surface area (Å²) < 4.78 is 25.0.